The number of nitrogens with one attached hydrogen (secondary N) is 1. The van der Waals surface area contributed by atoms with E-state index in [1.54, 1.807) is 17.4 Å². The van der Waals surface area contributed by atoms with Gasteiger partial charge in [-0.05, 0) is 19.8 Å². The van der Waals surface area contributed by atoms with Crippen LogP contribution >= 0.6 is 22.9 Å². The Balaban J connectivity index is 1.71. The average molecular weight is 281 g/mol. The lowest BCUT2D eigenvalue weighted by Crippen LogP contribution is -2.04. The first-order chi connectivity index (χ1) is 8.70. The zero-order valence-electron chi connectivity index (χ0n) is 9.98. The van der Waals surface area contributed by atoms with Gasteiger partial charge in [0.15, 0.2) is 0 Å². The number of rotatable bonds is 4. The zero-order chi connectivity index (χ0) is 12.5. The third-order valence-corrected chi connectivity index (χ3v) is 3.79. The van der Waals surface area contributed by atoms with Crippen molar-refractivity contribution in [2.24, 2.45) is 0 Å². The molecule has 18 heavy (non-hydrogen) atoms. The number of aryl methyl sites for hydroxylation is 1. The van der Waals surface area contributed by atoms with Crippen LogP contribution < -0.4 is 5.32 Å². The van der Waals surface area contributed by atoms with Gasteiger partial charge < -0.3 is 5.32 Å². The molecule has 3 rings (SSSR count). The van der Waals surface area contributed by atoms with Gasteiger partial charge in [-0.2, -0.15) is 0 Å². The smallest absolute Gasteiger partial charge is 0.135 e. The summed E-state index contributed by atoms with van der Waals surface area (Å²) < 4.78 is 0. The minimum Gasteiger partial charge on any atom is -0.364 e. The zero-order valence-corrected chi connectivity index (χ0v) is 11.6. The Bertz CT molecular complexity index is 565. The highest BCUT2D eigenvalue weighted by atomic mass is 35.5. The summed E-state index contributed by atoms with van der Waals surface area (Å²) in [5, 5.41) is 6.87. The Labute approximate surface area is 114 Å². The molecule has 0 aromatic carbocycles. The monoisotopic (exact) mass is 280 g/mol. The van der Waals surface area contributed by atoms with E-state index in [0.29, 0.717) is 17.6 Å². The number of hydrogen-bond donors (Lipinski definition) is 1. The first-order valence-corrected chi connectivity index (χ1v) is 7.16. The maximum atomic E-state index is 6.00. The quantitative estimate of drug-likeness (QED) is 0.872. The maximum absolute atomic E-state index is 6.00. The molecule has 4 nitrogen and oxygen atoms in total. The van der Waals surface area contributed by atoms with E-state index < -0.39 is 0 Å². The van der Waals surface area contributed by atoms with Gasteiger partial charge in [0.2, 0.25) is 0 Å². The van der Waals surface area contributed by atoms with Crippen molar-refractivity contribution >= 4 is 28.8 Å². The summed E-state index contributed by atoms with van der Waals surface area (Å²) in [4.78, 5) is 13.1. The second kappa shape index (κ2) is 4.82. The van der Waals surface area contributed by atoms with Crippen molar-refractivity contribution in [3.05, 3.63) is 33.1 Å². The van der Waals surface area contributed by atoms with Crippen LogP contribution in [0.4, 0.5) is 5.82 Å². The van der Waals surface area contributed by atoms with Crippen LogP contribution in [-0.2, 0) is 6.54 Å². The van der Waals surface area contributed by atoms with Gasteiger partial charge in [-0.15, -0.1) is 11.3 Å². The largest absolute Gasteiger partial charge is 0.364 e. The number of halogens is 1. The van der Waals surface area contributed by atoms with Gasteiger partial charge in [0.1, 0.15) is 16.8 Å². The molecule has 0 atom stereocenters. The van der Waals surface area contributed by atoms with E-state index in [9.17, 15) is 0 Å². The Morgan fingerprint density at radius 1 is 1.39 bits per heavy atom. The lowest BCUT2D eigenvalue weighted by Gasteiger charge is -2.06. The van der Waals surface area contributed by atoms with Gasteiger partial charge in [-0.1, -0.05) is 11.6 Å². The SMILES string of the molecule is Cc1nc(CNc2cc(Cl)nc(C3CC3)n2)cs1. The van der Waals surface area contributed by atoms with Crippen molar-refractivity contribution in [3.8, 4) is 0 Å². The van der Waals surface area contributed by atoms with Crippen molar-refractivity contribution in [1.82, 2.24) is 15.0 Å². The number of nitrogens with zero attached hydrogens (tertiary/aromatic N) is 3. The summed E-state index contributed by atoms with van der Waals surface area (Å²) in [5.74, 6) is 2.15. The van der Waals surface area contributed by atoms with E-state index in [0.717, 1.165) is 22.3 Å². The molecule has 0 spiro atoms. The van der Waals surface area contributed by atoms with E-state index >= 15 is 0 Å². The standard InChI is InChI=1S/C12H13ClN4S/c1-7-15-9(6-18-7)5-14-11-4-10(13)16-12(17-11)8-2-3-8/h4,6,8H,2-3,5H2,1H3,(H,14,16,17). The molecule has 0 saturated heterocycles. The molecule has 0 radical (unpaired) electrons. The first kappa shape index (κ1) is 11.9. The van der Waals surface area contributed by atoms with Crippen molar-refractivity contribution in [1.29, 1.82) is 0 Å². The van der Waals surface area contributed by atoms with Gasteiger partial charge in [0.05, 0.1) is 17.2 Å². The highest BCUT2D eigenvalue weighted by Gasteiger charge is 2.27. The Hall–Kier alpha value is -1.20. The summed E-state index contributed by atoms with van der Waals surface area (Å²) in [6.45, 7) is 2.67. The summed E-state index contributed by atoms with van der Waals surface area (Å²) in [6.07, 6.45) is 2.34. The second-order valence-electron chi connectivity index (χ2n) is 4.42. The molecule has 1 N–H and O–H groups in total. The molecule has 6 heteroatoms. The van der Waals surface area contributed by atoms with Crippen molar-refractivity contribution in [2.45, 2.75) is 32.2 Å². The van der Waals surface area contributed by atoms with Crippen molar-refractivity contribution in [3.63, 3.8) is 0 Å². The molecular formula is C12H13ClN4S. The van der Waals surface area contributed by atoms with Crippen LogP contribution in [0.5, 0.6) is 0 Å². The predicted octanol–water partition coefficient (Wildman–Crippen LogP) is 3.38. The van der Waals surface area contributed by atoms with E-state index in [2.05, 4.69) is 20.3 Å². The molecule has 0 bridgehead atoms. The molecule has 1 fully saturated rings. The van der Waals surface area contributed by atoms with E-state index in [1.807, 2.05) is 12.3 Å². The van der Waals surface area contributed by atoms with E-state index in [-0.39, 0.29) is 0 Å². The van der Waals surface area contributed by atoms with Gasteiger partial charge in [-0.3, -0.25) is 0 Å². The van der Waals surface area contributed by atoms with Gasteiger partial charge in [-0.25, -0.2) is 15.0 Å². The molecule has 2 aromatic heterocycles. The predicted molar refractivity (Wildman–Crippen MR) is 73.2 cm³/mol. The van der Waals surface area contributed by atoms with Crippen LogP contribution in [0.3, 0.4) is 0 Å². The Kier molecular flexibility index (Phi) is 3.18. The van der Waals surface area contributed by atoms with E-state index in [1.165, 1.54) is 12.8 Å². The van der Waals surface area contributed by atoms with Crippen LogP contribution in [0.15, 0.2) is 11.4 Å². The summed E-state index contributed by atoms with van der Waals surface area (Å²) in [6, 6.07) is 1.76. The highest BCUT2D eigenvalue weighted by molar-refractivity contribution is 7.09. The lowest BCUT2D eigenvalue weighted by atomic mass is 10.4. The maximum Gasteiger partial charge on any atom is 0.135 e. The Morgan fingerprint density at radius 3 is 2.89 bits per heavy atom. The average Bonchev–Trinajstić information content (AvgIpc) is 3.10. The minimum absolute atomic E-state index is 0.504. The molecule has 0 unspecified atom stereocenters. The fourth-order valence-electron chi connectivity index (χ4n) is 1.72. The number of aromatic nitrogens is 3. The summed E-state index contributed by atoms with van der Waals surface area (Å²) >= 11 is 7.65. The molecule has 94 valence electrons. The summed E-state index contributed by atoms with van der Waals surface area (Å²) in [5.41, 5.74) is 1.03. The van der Waals surface area contributed by atoms with Gasteiger partial charge >= 0.3 is 0 Å². The number of hydrogen-bond acceptors (Lipinski definition) is 5. The van der Waals surface area contributed by atoms with Gasteiger partial charge in [0, 0.05) is 17.4 Å². The van der Waals surface area contributed by atoms with Crippen LogP contribution in [-0.4, -0.2) is 15.0 Å². The van der Waals surface area contributed by atoms with Gasteiger partial charge in [0.25, 0.3) is 0 Å². The number of anilines is 1. The third-order valence-electron chi connectivity index (χ3n) is 2.77. The Morgan fingerprint density at radius 2 is 2.22 bits per heavy atom. The fraction of sp³-hybridized carbons (Fsp3) is 0.417. The van der Waals surface area contributed by atoms with E-state index in [4.69, 9.17) is 11.6 Å². The number of thiazole rings is 1. The molecule has 0 amide bonds. The first-order valence-electron chi connectivity index (χ1n) is 5.90. The molecule has 2 heterocycles. The normalized spacial score (nSPS) is 14.8. The molecular weight excluding hydrogens is 268 g/mol. The molecule has 2 aromatic rings. The molecule has 1 saturated carbocycles. The summed E-state index contributed by atoms with van der Waals surface area (Å²) in [7, 11) is 0. The van der Waals surface area contributed by atoms with Crippen molar-refractivity contribution < 1.29 is 0 Å². The van der Waals surface area contributed by atoms with Crippen LogP contribution in [0, 0.1) is 6.92 Å². The lowest BCUT2D eigenvalue weighted by molar-refractivity contribution is 0.918. The van der Waals surface area contributed by atoms with Crippen LogP contribution in [0.1, 0.15) is 35.3 Å². The molecule has 1 aliphatic carbocycles. The second-order valence-corrected chi connectivity index (χ2v) is 5.87. The van der Waals surface area contributed by atoms with Crippen LogP contribution in [0.2, 0.25) is 5.15 Å². The van der Waals surface area contributed by atoms with Crippen molar-refractivity contribution in [2.75, 3.05) is 5.32 Å². The minimum atomic E-state index is 0.504. The van der Waals surface area contributed by atoms with Crippen LogP contribution in [0.25, 0.3) is 0 Å². The molecule has 0 aliphatic heterocycles. The topological polar surface area (TPSA) is 50.7 Å². The molecule has 1 aliphatic rings. The highest BCUT2D eigenvalue weighted by Crippen LogP contribution is 2.38. The third kappa shape index (κ3) is 2.79. The fourth-order valence-corrected chi connectivity index (χ4v) is 2.52.